The summed E-state index contributed by atoms with van der Waals surface area (Å²) in [6.45, 7) is 1.98. The van der Waals surface area contributed by atoms with E-state index in [-0.39, 0.29) is 5.91 Å². The summed E-state index contributed by atoms with van der Waals surface area (Å²) in [5, 5.41) is 4.93. The van der Waals surface area contributed by atoms with Gasteiger partial charge in [-0.3, -0.25) is 4.79 Å². The molecule has 0 aliphatic heterocycles. The second-order valence-electron chi connectivity index (χ2n) is 4.35. The summed E-state index contributed by atoms with van der Waals surface area (Å²) < 4.78 is 0. The molecule has 3 nitrogen and oxygen atoms in total. The van der Waals surface area contributed by atoms with E-state index in [1.54, 1.807) is 12.1 Å². The Bertz CT molecular complexity index is 669. The number of carbonyl (C=O) groups excluding carboxylic acids is 1. The monoisotopic (exact) mass is 320 g/mol. The van der Waals surface area contributed by atoms with E-state index >= 15 is 0 Å². The number of carbonyl (C=O) groups is 1. The van der Waals surface area contributed by atoms with E-state index in [0.717, 1.165) is 11.3 Å². The Kier molecular flexibility index (Phi) is 5.37. The van der Waals surface area contributed by atoms with Crippen LogP contribution in [0.25, 0.3) is 0 Å². The second kappa shape index (κ2) is 7.25. The molecule has 0 heterocycles. The molecule has 21 heavy (non-hydrogen) atoms. The molecule has 0 spiro atoms. The van der Waals surface area contributed by atoms with Gasteiger partial charge in [-0.15, -0.1) is 0 Å². The van der Waals surface area contributed by atoms with E-state index in [2.05, 4.69) is 10.5 Å². The summed E-state index contributed by atoms with van der Waals surface area (Å²) in [6, 6.07) is 14.4. The van der Waals surface area contributed by atoms with Crippen LogP contribution in [0.2, 0.25) is 10.0 Å². The fourth-order valence-electron chi connectivity index (χ4n) is 1.80. The molecule has 0 saturated carbocycles. The fraction of sp³-hybridized carbons (Fsp3) is 0.125. The molecule has 0 aromatic heterocycles. The highest BCUT2D eigenvalue weighted by Gasteiger charge is 2.08. The number of nitrogens with one attached hydrogen (secondary N) is 1. The van der Waals surface area contributed by atoms with Gasteiger partial charge in [0.25, 0.3) is 5.91 Å². The lowest BCUT2D eigenvalue weighted by atomic mass is 10.1. The highest BCUT2D eigenvalue weighted by Crippen LogP contribution is 2.22. The minimum atomic E-state index is -0.324. The average Bonchev–Trinajstić information content (AvgIpc) is 2.51. The number of hydrogen-bond acceptors (Lipinski definition) is 2. The molecule has 0 radical (unpaired) electrons. The highest BCUT2D eigenvalue weighted by atomic mass is 35.5. The number of rotatable bonds is 4. The van der Waals surface area contributed by atoms with E-state index in [1.807, 2.05) is 37.3 Å². The summed E-state index contributed by atoms with van der Waals surface area (Å²) in [7, 11) is 0. The van der Waals surface area contributed by atoms with Crippen LogP contribution in [0.4, 0.5) is 0 Å². The van der Waals surface area contributed by atoms with Crippen molar-refractivity contribution in [3.05, 3.63) is 69.7 Å². The van der Waals surface area contributed by atoms with Gasteiger partial charge < -0.3 is 0 Å². The van der Waals surface area contributed by atoms with Gasteiger partial charge in [0, 0.05) is 5.56 Å². The second-order valence-corrected chi connectivity index (χ2v) is 5.16. The number of benzene rings is 2. The maximum atomic E-state index is 12.0. The third-order valence-electron chi connectivity index (χ3n) is 2.92. The quantitative estimate of drug-likeness (QED) is 0.652. The topological polar surface area (TPSA) is 41.5 Å². The molecule has 0 aliphatic carbocycles. The van der Waals surface area contributed by atoms with Gasteiger partial charge in [-0.25, -0.2) is 5.43 Å². The number of nitrogens with zero attached hydrogens (tertiary/aromatic N) is 1. The van der Waals surface area contributed by atoms with Crippen molar-refractivity contribution in [2.24, 2.45) is 5.10 Å². The van der Waals surface area contributed by atoms with Gasteiger partial charge in [0.05, 0.1) is 15.8 Å². The number of hydrazone groups is 1. The Labute approximate surface area is 133 Å². The molecule has 1 N–H and O–H groups in total. The average molecular weight is 321 g/mol. The predicted octanol–water partition coefficient (Wildman–Crippen LogP) is 4.54. The molecule has 2 rings (SSSR count). The van der Waals surface area contributed by atoms with Crippen LogP contribution >= 0.6 is 23.2 Å². The zero-order valence-electron chi connectivity index (χ0n) is 11.4. The van der Waals surface area contributed by atoms with Gasteiger partial charge in [-0.05, 0) is 30.2 Å². The predicted molar refractivity (Wildman–Crippen MR) is 87.2 cm³/mol. The summed E-state index contributed by atoms with van der Waals surface area (Å²) in [6.07, 6.45) is 0.714. The van der Waals surface area contributed by atoms with Crippen LogP contribution in [0.5, 0.6) is 0 Å². The van der Waals surface area contributed by atoms with Crippen molar-refractivity contribution >= 4 is 34.8 Å². The van der Waals surface area contributed by atoms with E-state index in [0.29, 0.717) is 22.0 Å². The van der Waals surface area contributed by atoms with Gasteiger partial charge in [-0.2, -0.15) is 5.10 Å². The van der Waals surface area contributed by atoms with Crippen LogP contribution in [0.15, 0.2) is 53.6 Å². The largest absolute Gasteiger partial charge is 0.271 e. The van der Waals surface area contributed by atoms with Crippen molar-refractivity contribution in [2.45, 2.75) is 13.3 Å². The third-order valence-corrected chi connectivity index (χ3v) is 3.66. The molecular formula is C16H14Cl2N2O. The van der Waals surface area contributed by atoms with Gasteiger partial charge >= 0.3 is 0 Å². The SMILES string of the molecule is CC/C(=N\NC(=O)c1ccc(Cl)c(Cl)c1)c1ccccc1. The molecule has 0 atom stereocenters. The van der Waals surface area contributed by atoms with Crippen LogP contribution < -0.4 is 5.43 Å². The molecule has 2 aromatic carbocycles. The van der Waals surface area contributed by atoms with Crippen molar-refractivity contribution in [3.8, 4) is 0 Å². The van der Waals surface area contributed by atoms with Crippen molar-refractivity contribution < 1.29 is 4.79 Å². The highest BCUT2D eigenvalue weighted by molar-refractivity contribution is 6.42. The molecule has 2 aromatic rings. The van der Waals surface area contributed by atoms with Crippen LogP contribution in [0, 0.1) is 0 Å². The van der Waals surface area contributed by atoms with Gasteiger partial charge in [-0.1, -0.05) is 60.5 Å². The molecule has 0 fully saturated rings. The first-order chi connectivity index (χ1) is 10.1. The van der Waals surface area contributed by atoms with Gasteiger partial charge in [0.2, 0.25) is 0 Å². The van der Waals surface area contributed by atoms with Crippen LogP contribution in [0.3, 0.4) is 0 Å². The van der Waals surface area contributed by atoms with E-state index < -0.39 is 0 Å². The van der Waals surface area contributed by atoms with E-state index in [1.165, 1.54) is 6.07 Å². The minimum absolute atomic E-state index is 0.324. The van der Waals surface area contributed by atoms with E-state index in [4.69, 9.17) is 23.2 Å². The number of halogens is 2. The molecular weight excluding hydrogens is 307 g/mol. The Hall–Kier alpha value is -1.84. The smallest absolute Gasteiger partial charge is 0.267 e. The van der Waals surface area contributed by atoms with Crippen LogP contribution in [0.1, 0.15) is 29.3 Å². The Morgan fingerprint density at radius 1 is 1.05 bits per heavy atom. The van der Waals surface area contributed by atoms with Gasteiger partial charge in [0.15, 0.2) is 0 Å². The number of amides is 1. The summed E-state index contributed by atoms with van der Waals surface area (Å²) in [5.41, 5.74) is 4.75. The Balaban J connectivity index is 2.15. The van der Waals surface area contributed by atoms with Crippen molar-refractivity contribution in [2.75, 3.05) is 0 Å². The zero-order valence-corrected chi connectivity index (χ0v) is 12.9. The molecule has 0 bridgehead atoms. The maximum absolute atomic E-state index is 12.0. The molecule has 5 heteroatoms. The van der Waals surface area contributed by atoms with Crippen LogP contribution in [-0.2, 0) is 0 Å². The zero-order chi connectivity index (χ0) is 15.2. The van der Waals surface area contributed by atoms with Crippen LogP contribution in [-0.4, -0.2) is 11.6 Å². The normalized spacial score (nSPS) is 11.3. The lowest BCUT2D eigenvalue weighted by Crippen LogP contribution is -2.20. The van der Waals surface area contributed by atoms with E-state index in [9.17, 15) is 4.79 Å². The maximum Gasteiger partial charge on any atom is 0.271 e. The Morgan fingerprint density at radius 2 is 1.76 bits per heavy atom. The molecule has 108 valence electrons. The lowest BCUT2D eigenvalue weighted by molar-refractivity contribution is 0.0955. The lowest BCUT2D eigenvalue weighted by Gasteiger charge is -2.06. The minimum Gasteiger partial charge on any atom is -0.267 e. The van der Waals surface area contributed by atoms with Crippen molar-refractivity contribution in [3.63, 3.8) is 0 Å². The summed E-state index contributed by atoms with van der Waals surface area (Å²) >= 11 is 11.7. The Morgan fingerprint density at radius 3 is 2.38 bits per heavy atom. The number of hydrogen-bond donors (Lipinski definition) is 1. The summed E-state index contributed by atoms with van der Waals surface area (Å²) in [4.78, 5) is 12.0. The van der Waals surface area contributed by atoms with Crippen molar-refractivity contribution in [1.82, 2.24) is 5.43 Å². The fourth-order valence-corrected chi connectivity index (χ4v) is 2.10. The third kappa shape index (κ3) is 4.06. The first kappa shape index (κ1) is 15.5. The van der Waals surface area contributed by atoms with Gasteiger partial charge in [0.1, 0.15) is 0 Å². The molecule has 1 amide bonds. The molecule has 0 saturated heterocycles. The first-order valence-corrected chi connectivity index (χ1v) is 7.24. The first-order valence-electron chi connectivity index (χ1n) is 6.49. The molecule has 0 unspecified atom stereocenters. The summed E-state index contributed by atoms with van der Waals surface area (Å²) in [5.74, 6) is -0.324. The standard InChI is InChI=1S/C16H14Cl2N2O/c1-2-15(11-6-4-3-5-7-11)19-20-16(21)12-8-9-13(17)14(18)10-12/h3-10H,2H2,1H3,(H,20,21)/b19-15+. The molecule has 0 aliphatic rings. The van der Waals surface area contributed by atoms with Crippen molar-refractivity contribution in [1.29, 1.82) is 0 Å².